The predicted molar refractivity (Wildman–Crippen MR) is 53.5 cm³/mol. The van der Waals surface area contributed by atoms with Crippen LogP contribution < -0.4 is 0 Å². The Morgan fingerprint density at radius 1 is 1.25 bits per heavy atom. The zero-order chi connectivity index (χ0) is 8.65. The van der Waals surface area contributed by atoms with Crippen LogP contribution in [0.15, 0.2) is 36.4 Å². The van der Waals surface area contributed by atoms with Crippen LogP contribution in [0.4, 0.5) is 0 Å². The molecule has 1 aromatic rings. The standard InChI is InChI=1S/C12H12/c1-2-3-4-6-9-12-10-7-5-8-11-12/h5-11H,2H2,1H3/b9-6-. The Morgan fingerprint density at radius 3 is 2.67 bits per heavy atom. The van der Waals surface area contributed by atoms with Gasteiger partial charge in [-0.3, -0.25) is 0 Å². The number of hydrogen-bond donors (Lipinski definition) is 0. The number of hydrogen-bond acceptors (Lipinski definition) is 0. The van der Waals surface area contributed by atoms with Crippen LogP contribution in [0.1, 0.15) is 18.9 Å². The molecule has 0 heteroatoms. The van der Waals surface area contributed by atoms with Crippen LogP contribution in [0.5, 0.6) is 0 Å². The van der Waals surface area contributed by atoms with Crippen molar-refractivity contribution in [3.05, 3.63) is 42.0 Å². The summed E-state index contributed by atoms with van der Waals surface area (Å²) in [4.78, 5) is 0. The molecule has 0 amide bonds. The van der Waals surface area contributed by atoms with Crippen LogP contribution >= 0.6 is 0 Å². The molecule has 12 heavy (non-hydrogen) atoms. The van der Waals surface area contributed by atoms with Gasteiger partial charge in [-0.15, -0.1) is 0 Å². The highest BCUT2D eigenvalue weighted by molar-refractivity contribution is 5.52. The highest BCUT2D eigenvalue weighted by Gasteiger charge is 1.78. The SMILES string of the molecule is CCC#C/C=C\c1ccccc1. The van der Waals surface area contributed by atoms with Gasteiger partial charge in [0.05, 0.1) is 0 Å². The van der Waals surface area contributed by atoms with Crippen LogP contribution in [-0.4, -0.2) is 0 Å². The van der Waals surface area contributed by atoms with Crippen LogP contribution in [-0.2, 0) is 0 Å². The predicted octanol–water partition coefficient (Wildman–Crippen LogP) is 3.11. The summed E-state index contributed by atoms with van der Waals surface area (Å²) < 4.78 is 0. The molecule has 0 saturated heterocycles. The van der Waals surface area contributed by atoms with Crippen molar-refractivity contribution in [2.75, 3.05) is 0 Å². The van der Waals surface area contributed by atoms with E-state index < -0.39 is 0 Å². The Bertz CT molecular complexity index is 296. The van der Waals surface area contributed by atoms with E-state index in [-0.39, 0.29) is 0 Å². The molecule has 1 rings (SSSR count). The Balaban J connectivity index is 2.58. The molecule has 0 aliphatic carbocycles. The third kappa shape index (κ3) is 3.07. The Kier molecular flexibility index (Phi) is 3.74. The summed E-state index contributed by atoms with van der Waals surface area (Å²) in [6, 6.07) is 10.2. The quantitative estimate of drug-likeness (QED) is 0.548. The first-order valence-electron chi connectivity index (χ1n) is 4.13. The first-order valence-corrected chi connectivity index (χ1v) is 4.13. The zero-order valence-corrected chi connectivity index (χ0v) is 7.25. The number of benzene rings is 1. The van der Waals surface area contributed by atoms with Gasteiger partial charge >= 0.3 is 0 Å². The minimum Gasteiger partial charge on any atom is -0.0988 e. The smallest absolute Gasteiger partial charge is 0.00637 e. The largest absolute Gasteiger partial charge is 0.0988 e. The summed E-state index contributed by atoms with van der Waals surface area (Å²) >= 11 is 0. The Hall–Kier alpha value is -1.48. The van der Waals surface area contributed by atoms with Crippen molar-refractivity contribution in [2.24, 2.45) is 0 Å². The summed E-state index contributed by atoms with van der Waals surface area (Å²) in [6.07, 6.45) is 4.82. The lowest BCUT2D eigenvalue weighted by molar-refractivity contribution is 1.28. The molecule has 0 bridgehead atoms. The Morgan fingerprint density at radius 2 is 2.00 bits per heavy atom. The van der Waals surface area contributed by atoms with E-state index in [1.165, 1.54) is 5.56 Å². The summed E-state index contributed by atoms with van der Waals surface area (Å²) in [7, 11) is 0. The average Bonchev–Trinajstić information content (AvgIpc) is 2.14. The normalized spacial score (nSPS) is 9.42. The van der Waals surface area contributed by atoms with Gasteiger partial charge in [-0.1, -0.05) is 49.1 Å². The molecule has 0 aliphatic heterocycles. The third-order valence-corrected chi connectivity index (χ3v) is 1.44. The minimum absolute atomic E-state index is 0.916. The maximum absolute atomic E-state index is 2.98. The minimum atomic E-state index is 0.916. The van der Waals surface area contributed by atoms with Crippen molar-refractivity contribution < 1.29 is 0 Å². The van der Waals surface area contributed by atoms with Crippen LogP contribution in [0.3, 0.4) is 0 Å². The van der Waals surface area contributed by atoms with Crippen LogP contribution in [0, 0.1) is 11.8 Å². The van der Waals surface area contributed by atoms with Gasteiger partial charge in [0.25, 0.3) is 0 Å². The molecule has 0 saturated carbocycles. The molecule has 1 aromatic carbocycles. The molecule has 0 atom stereocenters. The van der Waals surface area contributed by atoms with Crippen molar-refractivity contribution >= 4 is 6.08 Å². The lowest BCUT2D eigenvalue weighted by atomic mass is 10.2. The summed E-state index contributed by atoms with van der Waals surface area (Å²) in [6.45, 7) is 2.04. The number of rotatable bonds is 1. The van der Waals surface area contributed by atoms with E-state index >= 15 is 0 Å². The van der Waals surface area contributed by atoms with Crippen LogP contribution in [0.25, 0.3) is 6.08 Å². The molecular formula is C12H12. The van der Waals surface area contributed by atoms with E-state index in [0.717, 1.165) is 6.42 Å². The fraction of sp³-hybridized carbons (Fsp3) is 0.167. The molecule has 0 aromatic heterocycles. The monoisotopic (exact) mass is 156 g/mol. The maximum atomic E-state index is 2.98. The summed E-state index contributed by atoms with van der Waals surface area (Å²) in [5.41, 5.74) is 1.20. The molecule has 0 radical (unpaired) electrons. The number of allylic oxidation sites excluding steroid dienone is 1. The summed E-state index contributed by atoms with van der Waals surface area (Å²) in [5, 5.41) is 0. The summed E-state index contributed by atoms with van der Waals surface area (Å²) in [5.74, 6) is 5.93. The van der Waals surface area contributed by atoms with Gasteiger partial charge in [0.2, 0.25) is 0 Å². The zero-order valence-electron chi connectivity index (χ0n) is 7.25. The van der Waals surface area contributed by atoms with Gasteiger partial charge in [-0.2, -0.15) is 0 Å². The third-order valence-electron chi connectivity index (χ3n) is 1.44. The van der Waals surface area contributed by atoms with Crippen molar-refractivity contribution in [1.82, 2.24) is 0 Å². The van der Waals surface area contributed by atoms with Gasteiger partial charge in [0.15, 0.2) is 0 Å². The van der Waals surface area contributed by atoms with Crippen LogP contribution in [0.2, 0.25) is 0 Å². The van der Waals surface area contributed by atoms with E-state index in [4.69, 9.17) is 0 Å². The second kappa shape index (κ2) is 5.21. The van der Waals surface area contributed by atoms with E-state index in [2.05, 4.69) is 24.0 Å². The first kappa shape index (κ1) is 8.62. The second-order valence-corrected chi connectivity index (χ2v) is 2.42. The first-order chi connectivity index (χ1) is 5.93. The van der Waals surface area contributed by atoms with Gasteiger partial charge < -0.3 is 0 Å². The van der Waals surface area contributed by atoms with Crippen molar-refractivity contribution in [3.63, 3.8) is 0 Å². The molecule has 0 N–H and O–H groups in total. The van der Waals surface area contributed by atoms with E-state index in [0.29, 0.717) is 0 Å². The van der Waals surface area contributed by atoms with Gasteiger partial charge in [0.1, 0.15) is 0 Å². The molecule has 0 spiro atoms. The fourth-order valence-corrected chi connectivity index (χ4v) is 0.863. The molecule has 0 unspecified atom stereocenters. The molecular weight excluding hydrogens is 144 g/mol. The molecule has 0 fully saturated rings. The average molecular weight is 156 g/mol. The second-order valence-electron chi connectivity index (χ2n) is 2.42. The maximum Gasteiger partial charge on any atom is 0.00637 e. The van der Waals surface area contributed by atoms with E-state index in [1.54, 1.807) is 0 Å². The van der Waals surface area contributed by atoms with Crippen molar-refractivity contribution in [1.29, 1.82) is 0 Å². The van der Waals surface area contributed by atoms with Gasteiger partial charge in [0, 0.05) is 6.42 Å². The lowest BCUT2D eigenvalue weighted by Gasteiger charge is -1.87. The topological polar surface area (TPSA) is 0 Å². The fourth-order valence-electron chi connectivity index (χ4n) is 0.863. The molecule has 60 valence electrons. The highest BCUT2D eigenvalue weighted by atomic mass is 13.8. The molecule has 0 heterocycles. The van der Waals surface area contributed by atoms with Crippen molar-refractivity contribution in [2.45, 2.75) is 13.3 Å². The van der Waals surface area contributed by atoms with E-state index in [9.17, 15) is 0 Å². The lowest BCUT2D eigenvalue weighted by Crippen LogP contribution is -1.66. The van der Waals surface area contributed by atoms with Crippen molar-refractivity contribution in [3.8, 4) is 11.8 Å². The van der Waals surface area contributed by atoms with Gasteiger partial charge in [-0.25, -0.2) is 0 Å². The van der Waals surface area contributed by atoms with Gasteiger partial charge in [-0.05, 0) is 17.7 Å². The van der Waals surface area contributed by atoms with E-state index in [1.807, 2.05) is 37.3 Å². The molecule has 0 aliphatic rings. The Labute approximate surface area is 73.9 Å². The highest BCUT2D eigenvalue weighted by Crippen LogP contribution is 1.99. The molecule has 0 nitrogen and oxygen atoms in total.